The van der Waals surface area contributed by atoms with Crippen LogP contribution >= 0.6 is 15.9 Å². The number of rotatable bonds is 4. The third kappa shape index (κ3) is 3.50. The Bertz CT molecular complexity index is 1380. The second kappa shape index (κ2) is 7.79. The Morgan fingerprint density at radius 2 is 1.73 bits per heavy atom. The molecule has 4 aromatic rings. The number of carbonyl (C=O) groups excluding carboxylic acids is 1. The maximum absolute atomic E-state index is 13.0. The molecule has 0 radical (unpaired) electrons. The van der Waals surface area contributed by atoms with E-state index in [1.54, 1.807) is 29.8 Å². The molecule has 7 nitrogen and oxygen atoms in total. The van der Waals surface area contributed by atoms with E-state index in [4.69, 9.17) is 0 Å². The molecule has 2 heterocycles. The molecule has 0 aliphatic carbocycles. The summed E-state index contributed by atoms with van der Waals surface area (Å²) in [5, 5.41) is 2.80. The van der Waals surface area contributed by atoms with E-state index in [0.717, 1.165) is 20.2 Å². The van der Waals surface area contributed by atoms with E-state index in [0.29, 0.717) is 16.7 Å². The fraction of sp³-hybridized carbons (Fsp3) is 0.136. The highest BCUT2D eigenvalue weighted by molar-refractivity contribution is 9.10. The number of anilines is 1. The molecule has 4 rings (SSSR count). The van der Waals surface area contributed by atoms with Gasteiger partial charge in [-0.15, -0.1) is 0 Å². The Balaban J connectivity index is 1.87. The maximum Gasteiger partial charge on any atom is 0.331 e. The van der Waals surface area contributed by atoms with Crippen molar-refractivity contribution in [2.24, 2.45) is 14.1 Å². The normalized spacial score (nSPS) is 11.0. The van der Waals surface area contributed by atoms with Crippen molar-refractivity contribution in [2.45, 2.75) is 6.54 Å². The molecule has 0 bridgehead atoms. The zero-order valence-corrected chi connectivity index (χ0v) is 18.0. The summed E-state index contributed by atoms with van der Waals surface area (Å²) < 4.78 is 4.91. The van der Waals surface area contributed by atoms with Crippen molar-refractivity contribution in [1.29, 1.82) is 0 Å². The zero-order valence-electron chi connectivity index (χ0n) is 16.4. The van der Waals surface area contributed by atoms with Gasteiger partial charge in [0.05, 0.1) is 5.52 Å². The Morgan fingerprint density at radius 1 is 1.00 bits per heavy atom. The third-order valence-corrected chi connectivity index (χ3v) is 5.44. The van der Waals surface area contributed by atoms with Crippen LogP contribution in [0.5, 0.6) is 0 Å². The number of fused-ring (bicyclic) bond motifs is 1. The van der Waals surface area contributed by atoms with Crippen LogP contribution in [0.25, 0.3) is 22.2 Å². The molecule has 0 atom stereocenters. The number of aromatic nitrogens is 3. The molecule has 1 N–H and O–H groups in total. The van der Waals surface area contributed by atoms with Crippen LogP contribution in [0.3, 0.4) is 0 Å². The second-order valence-corrected chi connectivity index (χ2v) is 7.92. The summed E-state index contributed by atoms with van der Waals surface area (Å²) in [6.45, 7) is -0.222. The van der Waals surface area contributed by atoms with E-state index < -0.39 is 11.2 Å². The molecule has 1 amide bonds. The molecule has 0 aliphatic heterocycles. The Kier molecular flexibility index (Phi) is 5.17. The minimum atomic E-state index is -0.541. The molecule has 152 valence electrons. The molecule has 2 aromatic heterocycles. The fourth-order valence-corrected chi connectivity index (χ4v) is 3.95. The van der Waals surface area contributed by atoms with Crippen molar-refractivity contribution < 1.29 is 4.79 Å². The van der Waals surface area contributed by atoms with Crippen LogP contribution in [0.4, 0.5) is 5.69 Å². The van der Waals surface area contributed by atoms with Crippen LogP contribution in [0, 0.1) is 0 Å². The fourth-order valence-electron chi connectivity index (χ4n) is 3.55. The van der Waals surface area contributed by atoms with Gasteiger partial charge in [0.15, 0.2) is 0 Å². The first-order chi connectivity index (χ1) is 14.4. The van der Waals surface area contributed by atoms with Gasteiger partial charge in [-0.25, -0.2) is 4.79 Å². The lowest BCUT2D eigenvalue weighted by Crippen LogP contribution is -2.40. The number of amides is 1. The lowest BCUT2D eigenvalue weighted by molar-refractivity contribution is -0.116. The van der Waals surface area contributed by atoms with Gasteiger partial charge in [-0.05, 0) is 23.8 Å². The van der Waals surface area contributed by atoms with E-state index in [1.807, 2.05) is 42.6 Å². The molecular weight excluding hydrogens is 448 g/mol. The van der Waals surface area contributed by atoms with E-state index in [-0.39, 0.29) is 12.5 Å². The first kappa shape index (κ1) is 19.9. The van der Waals surface area contributed by atoms with Gasteiger partial charge in [0, 0.05) is 36.0 Å². The summed E-state index contributed by atoms with van der Waals surface area (Å²) in [6, 6.07) is 16.7. The van der Waals surface area contributed by atoms with Crippen LogP contribution in [-0.2, 0) is 25.4 Å². The number of carbonyl (C=O) groups is 1. The van der Waals surface area contributed by atoms with E-state index in [9.17, 15) is 14.4 Å². The first-order valence-corrected chi connectivity index (χ1v) is 10.1. The van der Waals surface area contributed by atoms with Gasteiger partial charge in [0.25, 0.3) is 5.56 Å². The summed E-state index contributed by atoms with van der Waals surface area (Å²) in [7, 11) is 3.18. The highest BCUT2D eigenvalue weighted by atomic mass is 79.9. The Labute approximate surface area is 180 Å². The summed E-state index contributed by atoms with van der Waals surface area (Å²) in [5.74, 6) is -0.363. The molecule has 0 saturated heterocycles. The highest BCUT2D eigenvalue weighted by Crippen LogP contribution is 2.28. The quantitative estimate of drug-likeness (QED) is 0.501. The van der Waals surface area contributed by atoms with Crippen molar-refractivity contribution >= 4 is 38.6 Å². The number of benzene rings is 2. The van der Waals surface area contributed by atoms with Gasteiger partial charge in [-0.2, -0.15) is 0 Å². The van der Waals surface area contributed by atoms with Crippen molar-refractivity contribution in [3.8, 4) is 11.1 Å². The van der Waals surface area contributed by atoms with Gasteiger partial charge < -0.3 is 9.88 Å². The second-order valence-electron chi connectivity index (χ2n) is 7.01. The zero-order chi connectivity index (χ0) is 21.4. The largest absolute Gasteiger partial charge is 0.344 e. The number of nitrogens with one attached hydrogen (secondary N) is 1. The summed E-state index contributed by atoms with van der Waals surface area (Å²) in [6.07, 6.45) is 1.81. The summed E-state index contributed by atoms with van der Waals surface area (Å²) >= 11 is 3.37. The predicted molar refractivity (Wildman–Crippen MR) is 121 cm³/mol. The monoisotopic (exact) mass is 466 g/mol. The molecule has 2 aromatic carbocycles. The predicted octanol–water partition coefficient (Wildman–Crippen LogP) is 3.11. The van der Waals surface area contributed by atoms with E-state index >= 15 is 0 Å². The molecule has 0 saturated carbocycles. The molecule has 0 unspecified atom stereocenters. The van der Waals surface area contributed by atoms with Crippen LogP contribution in [0.1, 0.15) is 0 Å². The lowest BCUT2D eigenvalue weighted by atomic mass is 10.1. The van der Waals surface area contributed by atoms with Crippen LogP contribution in [0.15, 0.2) is 74.9 Å². The number of hydrogen-bond acceptors (Lipinski definition) is 3. The average Bonchev–Trinajstić information content (AvgIpc) is 3.07. The van der Waals surface area contributed by atoms with Gasteiger partial charge in [-0.3, -0.25) is 18.7 Å². The van der Waals surface area contributed by atoms with E-state index in [2.05, 4.69) is 21.2 Å². The average molecular weight is 467 g/mol. The van der Waals surface area contributed by atoms with Gasteiger partial charge >= 0.3 is 5.69 Å². The standard InChI is InChI=1S/C22H19BrN4O3/c1-25-12-17(14-7-4-3-5-8-14)19-20(25)21(29)26(2)22(30)27(19)13-18(28)24-16-10-6-9-15(23)11-16/h3-12H,13H2,1-2H3,(H,24,28). The Hall–Kier alpha value is -3.39. The minimum absolute atomic E-state index is 0.222. The molecule has 30 heavy (non-hydrogen) atoms. The Morgan fingerprint density at radius 3 is 2.43 bits per heavy atom. The molecule has 0 fully saturated rings. The smallest absolute Gasteiger partial charge is 0.331 e. The number of aryl methyl sites for hydroxylation is 1. The third-order valence-electron chi connectivity index (χ3n) is 4.94. The highest BCUT2D eigenvalue weighted by Gasteiger charge is 2.20. The van der Waals surface area contributed by atoms with Crippen LogP contribution < -0.4 is 16.6 Å². The maximum atomic E-state index is 13.0. The summed E-state index contributed by atoms with van der Waals surface area (Å²) in [4.78, 5) is 38.5. The molecular formula is C22H19BrN4O3. The van der Waals surface area contributed by atoms with Crippen molar-refractivity contribution in [3.05, 3.63) is 86.1 Å². The SMILES string of the molecule is Cn1c(=O)c2c(c(-c3ccccc3)cn2C)n(CC(=O)Nc2cccc(Br)c2)c1=O. The lowest BCUT2D eigenvalue weighted by Gasteiger charge is -2.12. The van der Waals surface area contributed by atoms with Crippen LogP contribution in [-0.4, -0.2) is 19.6 Å². The topological polar surface area (TPSA) is 78.0 Å². The van der Waals surface area contributed by atoms with Gasteiger partial charge in [0.1, 0.15) is 12.1 Å². The van der Waals surface area contributed by atoms with E-state index in [1.165, 1.54) is 11.6 Å². The minimum Gasteiger partial charge on any atom is -0.344 e. The van der Waals surface area contributed by atoms with Crippen molar-refractivity contribution in [2.75, 3.05) is 5.32 Å². The van der Waals surface area contributed by atoms with Gasteiger partial charge in [-0.1, -0.05) is 52.3 Å². The molecule has 0 aliphatic rings. The van der Waals surface area contributed by atoms with Crippen LogP contribution in [0.2, 0.25) is 0 Å². The molecule has 0 spiro atoms. The van der Waals surface area contributed by atoms with Crippen molar-refractivity contribution in [1.82, 2.24) is 13.7 Å². The number of halogens is 1. The number of nitrogens with zero attached hydrogens (tertiary/aromatic N) is 3. The van der Waals surface area contributed by atoms with Crippen molar-refractivity contribution in [3.63, 3.8) is 0 Å². The first-order valence-electron chi connectivity index (χ1n) is 9.26. The summed E-state index contributed by atoms with van der Waals surface area (Å²) in [5.41, 5.74) is 2.06. The van der Waals surface area contributed by atoms with Gasteiger partial charge in [0.2, 0.25) is 5.91 Å². The molecule has 8 heteroatoms. The number of hydrogen-bond donors (Lipinski definition) is 1.